The summed E-state index contributed by atoms with van der Waals surface area (Å²) >= 11 is 1.85. The molecule has 0 saturated carbocycles. The van der Waals surface area contributed by atoms with E-state index in [-0.39, 0.29) is 0 Å². The molecule has 0 amide bonds. The van der Waals surface area contributed by atoms with Crippen LogP contribution in [0.25, 0.3) is 70.1 Å². The van der Waals surface area contributed by atoms with Gasteiger partial charge in [0.15, 0.2) is 0 Å². The summed E-state index contributed by atoms with van der Waals surface area (Å²) in [6.07, 6.45) is 0. The van der Waals surface area contributed by atoms with Crippen LogP contribution in [0.4, 0.5) is 17.1 Å². The van der Waals surface area contributed by atoms with E-state index in [0.717, 1.165) is 50.3 Å². The van der Waals surface area contributed by atoms with Crippen molar-refractivity contribution in [3.63, 3.8) is 0 Å². The third kappa shape index (κ3) is 3.09. The number of aromatic nitrogens is 3. The Bertz CT molecular complexity index is 2580. The first-order valence-electron chi connectivity index (χ1n) is 14.4. The number of hydrogen-bond donors (Lipinski definition) is 0. The predicted octanol–water partition coefficient (Wildman–Crippen LogP) is 10.5. The van der Waals surface area contributed by atoms with Crippen molar-refractivity contribution in [2.24, 2.45) is 0 Å². The average Bonchev–Trinajstić information content (AvgIpc) is 3.61. The van der Waals surface area contributed by atoms with Gasteiger partial charge in [-0.15, -0.1) is 11.3 Å². The molecular formula is C38H22N4S. The molecule has 0 spiro atoms. The van der Waals surface area contributed by atoms with Gasteiger partial charge >= 0.3 is 0 Å². The van der Waals surface area contributed by atoms with Crippen LogP contribution in [0.1, 0.15) is 0 Å². The molecule has 1 aliphatic heterocycles. The van der Waals surface area contributed by atoms with Gasteiger partial charge in [0.1, 0.15) is 0 Å². The van der Waals surface area contributed by atoms with Gasteiger partial charge in [-0.1, -0.05) is 91.0 Å². The van der Waals surface area contributed by atoms with Crippen LogP contribution in [0.2, 0.25) is 0 Å². The van der Waals surface area contributed by atoms with Crippen LogP contribution >= 0.6 is 11.3 Å². The Morgan fingerprint density at radius 2 is 1.28 bits per heavy atom. The Labute approximate surface area is 250 Å². The summed E-state index contributed by atoms with van der Waals surface area (Å²) < 4.78 is 4.84. The summed E-state index contributed by atoms with van der Waals surface area (Å²) in [5.41, 5.74) is 8.61. The molecule has 0 fully saturated rings. The van der Waals surface area contributed by atoms with Crippen LogP contribution < -0.4 is 4.90 Å². The van der Waals surface area contributed by atoms with Crippen molar-refractivity contribution in [1.29, 1.82) is 0 Å². The van der Waals surface area contributed by atoms with Crippen molar-refractivity contribution in [1.82, 2.24) is 14.5 Å². The molecule has 6 aromatic carbocycles. The van der Waals surface area contributed by atoms with E-state index >= 15 is 0 Å². The first-order valence-corrected chi connectivity index (χ1v) is 15.3. The van der Waals surface area contributed by atoms with E-state index in [0.29, 0.717) is 5.95 Å². The highest BCUT2D eigenvalue weighted by atomic mass is 32.1. The van der Waals surface area contributed by atoms with Gasteiger partial charge in [-0.3, -0.25) is 4.57 Å². The van der Waals surface area contributed by atoms with Gasteiger partial charge in [-0.25, -0.2) is 9.97 Å². The van der Waals surface area contributed by atoms with Crippen LogP contribution in [-0.2, 0) is 0 Å². The maximum atomic E-state index is 5.43. The van der Waals surface area contributed by atoms with Crippen molar-refractivity contribution >= 4 is 81.3 Å². The highest BCUT2D eigenvalue weighted by Gasteiger charge is 2.29. The maximum absolute atomic E-state index is 5.43. The fraction of sp³-hybridized carbons (Fsp3) is 0. The first-order chi connectivity index (χ1) is 21.3. The van der Waals surface area contributed by atoms with E-state index in [2.05, 4.69) is 143 Å². The fourth-order valence-corrected chi connectivity index (χ4v) is 8.17. The lowest BCUT2D eigenvalue weighted by atomic mass is 9.96. The lowest BCUT2D eigenvalue weighted by molar-refractivity contribution is 1.01. The topological polar surface area (TPSA) is 34.0 Å². The molecule has 43 heavy (non-hydrogen) atoms. The zero-order valence-electron chi connectivity index (χ0n) is 22.9. The summed E-state index contributed by atoms with van der Waals surface area (Å²) in [4.78, 5) is 13.1. The van der Waals surface area contributed by atoms with Gasteiger partial charge in [-0.05, 0) is 42.5 Å². The first kappa shape index (κ1) is 23.1. The maximum Gasteiger partial charge on any atom is 0.235 e. The zero-order valence-corrected chi connectivity index (χ0v) is 23.7. The quantitative estimate of drug-likeness (QED) is 0.209. The second kappa shape index (κ2) is 8.51. The smallest absolute Gasteiger partial charge is 0.235 e. The second-order valence-electron chi connectivity index (χ2n) is 11.0. The van der Waals surface area contributed by atoms with E-state index in [1.165, 1.54) is 30.9 Å². The third-order valence-corrected chi connectivity index (χ3v) is 9.92. The van der Waals surface area contributed by atoms with Crippen LogP contribution in [0.5, 0.6) is 0 Å². The molecule has 10 rings (SSSR count). The molecule has 0 unspecified atom stereocenters. The predicted molar refractivity (Wildman–Crippen MR) is 180 cm³/mol. The van der Waals surface area contributed by atoms with Crippen LogP contribution in [0.3, 0.4) is 0 Å². The Balaban J connectivity index is 1.35. The molecule has 0 radical (unpaired) electrons. The Kier molecular flexibility index (Phi) is 4.57. The lowest BCUT2D eigenvalue weighted by Gasteiger charge is -2.32. The van der Waals surface area contributed by atoms with Gasteiger partial charge in [0.25, 0.3) is 0 Å². The van der Waals surface area contributed by atoms with Crippen LogP contribution in [-0.4, -0.2) is 14.5 Å². The second-order valence-corrected chi connectivity index (χ2v) is 12.1. The van der Waals surface area contributed by atoms with Crippen LogP contribution in [0, 0.1) is 0 Å². The molecule has 4 nitrogen and oxygen atoms in total. The fourth-order valence-electron chi connectivity index (χ4n) is 6.93. The minimum absolute atomic E-state index is 0.693. The number of fused-ring (bicyclic) bond motifs is 9. The monoisotopic (exact) mass is 566 g/mol. The van der Waals surface area contributed by atoms with Gasteiger partial charge in [0.2, 0.25) is 5.95 Å². The summed E-state index contributed by atoms with van der Waals surface area (Å²) in [7, 11) is 0. The molecular weight excluding hydrogens is 545 g/mol. The van der Waals surface area contributed by atoms with E-state index in [4.69, 9.17) is 9.97 Å². The molecule has 5 heteroatoms. The van der Waals surface area contributed by atoms with E-state index in [1.807, 2.05) is 11.3 Å². The van der Waals surface area contributed by atoms with Crippen molar-refractivity contribution < 1.29 is 0 Å². The molecule has 0 aliphatic carbocycles. The third-order valence-electron chi connectivity index (χ3n) is 8.72. The highest BCUT2D eigenvalue weighted by molar-refractivity contribution is 7.26. The number of nitrogens with zero attached hydrogens (tertiary/aromatic N) is 4. The number of rotatable bonds is 2. The number of anilines is 3. The van der Waals surface area contributed by atoms with Gasteiger partial charge < -0.3 is 4.90 Å². The van der Waals surface area contributed by atoms with E-state index in [1.54, 1.807) is 0 Å². The standard InChI is InChI=1S/C38H22N4S/c1-2-11-23(12-3-1)41-31-18-8-5-15-28(31)35-34-29(16-10-19-32(34)41)39-38(40-35)42-30-17-7-4-13-24(30)26-21-22-27-25-14-6-9-20-33(25)43-37(27)36(26)42/h1-22H. The Hall–Kier alpha value is -5.52. The molecule has 0 saturated heterocycles. The van der Waals surface area contributed by atoms with E-state index < -0.39 is 0 Å². The largest absolute Gasteiger partial charge is 0.309 e. The number of benzene rings is 6. The molecule has 0 bridgehead atoms. The van der Waals surface area contributed by atoms with Gasteiger partial charge in [0.05, 0.1) is 43.7 Å². The van der Waals surface area contributed by atoms with Crippen molar-refractivity contribution in [2.75, 3.05) is 4.90 Å². The minimum atomic E-state index is 0.693. The van der Waals surface area contributed by atoms with E-state index in [9.17, 15) is 0 Å². The number of hydrogen-bond acceptors (Lipinski definition) is 4. The number of thiophene rings is 1. The summed E-state index contributed by atoms with van der Waals surface area (Å²) in [6, 6.07) is 47.4. The molecule has 3 aromatic heterocycles. The Morgan fingerprint density at radius 3 is 2.21 bits per heavy atom. The molecule has 1 aliphatic rings. The summed E-state index contributed by atoms with van der Waals surface area (Å²) in [5, 5.41) is 6.05. The van der Waals surface area contributed by atoms with Crippen molar-refractivity contribution in [3.05, 3.63) is 133 Å². The van der Waals surface area contributed by atoms with Crippen molar-refractivity contribution in [3.8, 4) is 17.2 Å². The SMILES string of the molecule is c1ccc(N2c3ccccc3-c3nc(-n4c5ccccc5c5ccc6c7ccccc7sc6c54)nc4cccc2c34)cc1. The lowest BCUT2D eigenvalue weighted by Crippen LogP contribution is -2.16. The zero-order chi connectivity index (χ0) is 28.1. The van der Waals surface area contributed by atoms with Gasteiger partial charge in [-0.2, -0.15) is 0 Å². The normalized spacial score (nSPS) is 12.6. The Morgan fingerprint density at radius 1 is 0.535 bits per heavy atom. The minimum Gasteiger partial charge on any atom is -0.309 e. The van der Waals surface area contributed by atoms with Gasteiger partial charge in [0, 0.05) is 37.5 Å². The number of para-hydroxylation sites is 3. The molecule has 0 N–H and O–H groups in total. The van der Waals surface area contributed by atoms with Crippen LogP contribution in [0.15, 0.2) is 133 Å². The highest BCUT2D eigenvalue weighted by Crippen LogP contribution is 2.50. The molecule has 9 aromatic rings. The molecule has 4 heterocycles. The van der Waals surface area contributed by atoms with Crippen molar-refractivity contribution in [2.45, 2.75) is 0 Å². The molecule has 0 atom stereocenters. The summed E-state index contributed by atoms with van der Waals surface area (Å²) in [6.45, 7) is 0. The average molecular weight is 567 g/mol. The molecule has 200 valence electrons. The summed E-state index contributed by atoms with van der Waals surface area (Å²) in [5.74, 6) is 0.693.